The minimum atomic E-state index is 0.191. The van der Waals surface area contributed by atoms with Crippen molar-refractivity contribution in [3.8, 4) is 0 Å². The number of rotatable bonds is 3. The van der Waals surface area contributed by atoms with Gasteiger partial charge in [-0.05, 0) is 11.8 Å². The topological polar surface area (TPSA) is 29.5 Å². The molecule has 0 aromatic rings. The van der Waals surface area contributed by atoms with E-state index in [9.17, 15) is 4.79 Å². The maximum Gasteiger partial charge on any atom is 0.233 e. The molecule has 1 aliphatic heterocycles. The summed E-state index contributed by atoms with van der Waals surface area (Å²) in [6.45, 7) is 8.46. The Labute approximate surface area is 83.1 Å². The molecule has 0 aromatic carbocycles. The Balaban J connectivity index is 2.25. The fraction of sp³-hybridized carbons (Fsp3) is 0.667. The van der Waals surface area contributed by atoms with Crippen molar-refractivity contribution < 1.29 is 9.53 Å². The van der Waals surface area contributed by atoms with Crippen LogP contribution in [0.3, 0.4) is 0 Å². The largest absolute Gasteiger partial charge is 0.378 e. The number of carbonyl (C=O) groups excluding carboxylic acids is 1. The summed E-state index contributed by atoms with van der Waals surface area (Å²) in [4.78, 5) is 14.3. The normalized spacial score (nSPS) is 17.2. The molecule has 13 heavy (non-hydrogen) atoms. The molecular weight excluding hydrogens is 186 g/mol. The van der Waals surface area contributed by atoms with Crippen LogP contribution in [-0.2, 0) is 9.53 Å². The lowest BCUT2D eigenvalue weighted by Gasteiger charge is -2.26. The first-order chi connectivity index (χ1) is 6.20. The molecule has 0 spiro atoms. The Morgan fingerprint density at radius 2 is 2.15 bits per heavy atom. The zero-order valence-corrected chi connectivity index (χ0v) is 8.73. The number of amides is 1. The highest BCUT2D eigenvalue weighted by Gasteiger charge is 2.16. The second-order valence-corrected chi connectivity index (χ2v) is 4.26. The van der Waals surface area contributed by atoms with Crippen LogP contribution in [0.4, 0.5) is 0 Å². The molecule has 1 rings (SSSR count). The molecule has 3 nitrogen and oxygen atoms in total. The lowest BCUT2D eigenvalue weighted by molar-refractivity contribution is -0.132. The van der Waals surface area contributed by atoms with Crippen LogP contribution in [0.1, 0.15) is 6.92 Å². The summed E-state index contributed by atoms with van der Waals surface area (Å²) in [5.74, 6) is 0.700. The van der Waals surface area contributed by atoms with E-state index in [2.05, 4.69) is 6.58 Å². The number of hydrogen-bond acceptors (Lipinski definition) is 3. The summed E-state index contributed by atoms with van der Waals surface area (Å²) in [7, 11) is 0. The lowest BCUT2D eigenvalue weighted by Crippen LogP contribution is -2.41. The van der Waals surface area contributed by atoms with Gasteiger partial charge in [-0.2, -0.15) is 0 Å². The van der Waals surface area contributed by atoms with Crippen LogP contribution in [0.15, 0.2) is 11.5 Å². The van der Waals surface area contributed by atoms with E-state index in [-0.39, 0.29) is 5.91 Å². The molecule has 74 valence electrons. The van der Waals surface area contributed by atoms with Gasteiger partial charge in [0.15, 0.2) is 0 Å². The average molecular weight is 201 g/mol. The molecule has 0 unspecified atom stereocenters. The first-order valence-corrected chi connectivity index (χ1v) is 5.32. The predicted molar refractivity (Wildman–Crippen MR) is 54.7 cm³/mol. The van der Waals surface area contributed by atoms with Gasteiger partial charge in [-0.1, -0.05) is 6.58 Å². The standard InChI is InChI=1S/C9H15NO2S/c1-8(2)13-7-9(11)10-3-5-12-6-4-10/h1,3-7H2,2H3. The Hall–Kier alpha value is -0.480. The fourth-order valence-electron chi connectivity index (χ4n) is 1.09. The van der Waals surface area contributed by atoms with E-state index in [0.29, 0.717) is 19.0 Å². The van der Waals surface area contributed by atoms with Crippen LogP contribution in [0.2, 0.25) is 0 Å². The van der Waals surface area contributed by atoms with E-state index in [0.717, 1.165) is 18.0 Å². The maximum atomic E-state index is 11.5. The third-order valence-electron chi connectivity index (χ3n) is 1.81. The summed E-state index contributed by atoms with van der Waals surface area (Å²) in [6.07, 6.45) is 0. The van der Waals surface area contributed by atoms with Gasteiger partial charge in [-0.3, -0.25) is 4.79 Å². The number of nitrogens with zero attached hydrogens (tertiary/aromatic N) is 1. The van der Waals surface area contributed by atoms with E-state index < -0.39 is 0 Å². The van der Waals surface area contributed by atoms with Crippen LogP contribution in [0, 0.1) is 0 Å². The van der Waals surface area contributed by atoms with Crippen molar-refractivity contribution in [3.05, 3.63) is 11.5 Å². The molecule has 1 saturated heterocycles. The van der Waals surface area contributed by atoms with Crippen molar-refractivity contribution in [1.82, 2.24) is 4.90 Å². The Morgan fingerprint density at radius 1 is 1.54 bits per heavy atom. The second-order valence-electron chi connectivity index (χ2n) is 2.98. The molecule has 4 heteroatoms. The number of carbonyl (C=O) groups is 1. The molecule has 0 bridgehead atoms. The van der Waals surface area contributed by atoms with Crippen molar-refractivity contribution >= 4 is 17.7 Å². The monoisotopic (exact) mass is 201 g/mol. The predicted octanol–water partition coefficient (Wildman–Crippen LogP) is 1.11. The minimum absolute atomic E-state index is 0.191. The highest BCUT2D eigenvalue weighted by atomic mass is 32.2. The van der Waals surface area contributed by atoms with E-state index in [4.69, 9.17) is 4.74 Å². The van der Waals surface area contributed by atoms with Gasteiger partial charge in [-0.25, -0.2) is 0 Å². The van der Waals surface area contributed by atoms with Gasteiger partial charge in [0.1, 0.15) is 0 Å². The number of morpholine rings is 1. The van der Waals surface area contributed by atoms with Crippen LogP contribution >= 0.6 is 11.8 Å². The van der Waals surface area contributed by atoms with Crippen molar-refractivity contribution in [1.29, 1.82) is 0 Å². The molecule has 0 atom stereocenters. The molecule has 1 heterocycles. The van der Waals surface area contributed by atoms with Gasteiger partial charge in [0.05, 0.1) is 19.0 Å². The molecule has 1 amide bonds. The van der Waals surface area contributed by atoms with Gasteiger partial charge in [0.25, 0.3) is 0 Å². The molecule has 1 fully saturated rings. The first-order valence-electron chi connectivity index (χ1n) is 4.34. The Kier molecular flexibility index (Phi) is 4.32. The quantitative estimate of drug-likeness (QED) is 0.685. The smallest absolute Gasteiger partial charge is 0.233 e. The van der Waals surface area contributed by atoms with E-state index >= 15 is 0 Å². The van der Waals surface area contributed by atoms with Crippen molar-refractivity contribution in [3.63, 3.8) is 0 Å². The van der Waals surface area contributed by atoms with Crippen LogP contribution in [0.5, 0.6) is 0 Å². The molecule has 0 aliphatic carbocycles. The summed E-state index contributed by atoms with van der Waals surface area (Å²) < 4.78 is 5.16. The van der Waals surface area contributed by atoms with Crippen LogP contribution < -0.4 is 0 Å². The van der Waals surface area contributed by atoms with Gasteiger partial charge < -0.3 is 9.64 Å². The van der Waals surface area contributed by atoms with Gasteiger partial charge >= 0.3 is 0 Å². The third-order valence-corrected chi connectivity index (χ3v) is 2.69. The van der Waals surface area contributed by atoms with E-state index in [1.807, 2.05) is 11.8 Å². The zero-order valence-electron chi connectivity index (χ0n) is 7.91. The summed E-state index contributed by atoms with van der Waals surface area (Å²) >= 11 is 1.51. The maximum absolute atomic E-state index is 11.5. The van der Waals surface area contributed by atoms with Gasteiger partial charge in [-0.15, -0.1) is 11.8 Å². The first kappa shape index (κ1) is 10.6. The molecule has 0 aromatic heterocycles. The number of ether oxygens (including phenoxy) is 1. The van der Waals surface area contributed by atoms with E-state index in [1.54, 1.807) is 0 Å². The van der Waals surface area contributed by atoms with Crippen LogP contribution in [-0.4, -0.2) is 42.9 Å². The van der Waals surface area contributed by atoms with Crippen molar-refractivity contribution in [2.75, 3.05) is 32.1 Å². The molecular formula is C9H15NO2S. The van der Waals surface area contributed by atoms with E-state index in [1.165, 1.54) is 11.8 Å². The lowest BCUT2D eigenvalue weighted by atomic mass is 10.4. The minimum Gasteiger partial charge on any atom is -0.378 e. The number of hydrogen-bond donors (Lipinski definition) is 0. The molecule has 0 N–H and O–H groups in total. The zero-order chi connectivity index (χ0) is 9.68. The van der Waals surface area contributed by atoms with Crippen LogP contribution in [0.25, 0.3) is 0 Å². The summed E-state index contributed by atoms with van der Waals surface area (Å²) in [5, 5.41) is 0. The SMILES string of the molecule is C=C(C)SCC(=O)N1CCOCC1. The fourth-order valence-corrected chi connectivity index (χ4v) is 1.64. The van der Waals surface area contributed by atoms with Gasteiger partial charge in [0.2, 0.25) is 5.91 Å². The van der Waals surface area contributed by atoms with Crippen molar-refractivity contribution in [2.24, 2.45) is 0 Å². The summed E-state index contributed by atoms with van der Waals surface area (Å²) in [6, 6.07) is 0. The highest BCUT2D eigenvalue weighted by Crippen LogP contribution is 2.12. The summed E-state index contributed by atoms with van der Waals surface area (Å²) in [5.41, 5.74) is 0. The molecule has 1 aliphatic rings. The molecule has 0 saturated carbocycles. The highest BCUT2D eigenvalue weighted by molar-refractivity contribution is 8.03. The molecule has 0 radical (unpaired) electrons. The van der Waals surface area contributed by atoms with Crippen molar-refractivity contribution in [2.45, 2.75) is 6.92 Å². The average Bonchev–Trinajstić information content (AvgIpc) is 2.15. The third kappa shape index (κ3) is 3.83. The Morgan fingerprint density at radius 3 is 2.69 bits per heavy atom. The Bertz CT molecular complexity index is 200. The second kappa shape index (κ2) is 5.29. The number of allylic oxidation sites excluding steroid dienone is 1. The van der Waals surface area contributed by atoms with Gasteiger partial charge in [0, 0.05) is 13.1 Å². The number of thioether (sulfide) groups is 1.